The molecule has 0 amide bonds. The smallest absolute Gasteiger partial charge is 0.360 e. The zero-order valence-corrected chi connectivity index (χ0v) is 11.9. The van der Waals surface area contributed by atoms with Gasteiger partial charge in [-0.15, -0.1) is 5.10 Å². The highest BCUT2D eigenvalue weighted by Crippen LogP contribution is 2.18. The van der Waals surface area contributed by atoms with Crippen molar-refractivity contribution in [2.45, 2.75) is 32.7 Å². The van der Waals surface area contributed by atoms with Gasteiger partial charge < -0.3 is 4.74 Å². The molecule has 0 unspecified atom stereocenters. The summed E-state index contributed by atoms with van der Waals surface area (Å²) in [6.45, 7) is 4.64. The number of carbonyl (C=O) groups excluding carboxylic acids is 1. The summed E-state index contributed by atoms with van der Waals surface area (Å²) in [5, 5.41) is 8.00. The fraction of sp³-hybridized carbons (Fsp3) is 0.429. The number of hydrogen-bond acceptors (Lipinski definition) is 5. The summed E-state index contributed by atoms with van der Waals surface area (Å²) in [6, 6.07) is 5.80. The molecular weight excluding hydrogens is 256 g/mol. The second-order valence-corrected chi connectivity index (χ2v) is 4.76. The molecule has 0 aromatic carbocycles. The number of aromatic nitrogens is 4. The quantitative estimate of drug-likeness (QED) is 0.778. The second kappa shape index (κ2) is 6.27. The Labute approximate surface area is 117 Å². The third-order valence-electron chi connectivity index (χ3n) is 3.00. The summed E-state index contributed by atoms with van der Waals surface area (Å²) >= 11 is 0. The first-order valence-electron chi connectivity index (χ1n) is 6.55. The van der Waals surface area contributed by atoms with E-state index < -0.39 is 5.97 Å². The highest BCUT2D eigenvalue weighted by atomic mass is 16.5. The average Bonchev–Trinajstić information content (AvgIpc) is 2.89. The molecule has 0 aliphatic heterocycles. The Morgan fingerprint density at radius 2 is 2.20 bits per heavy atom. The van der Waals surface area contributed by atoms with Gasteiger partial charge in [-0.3, -0.25) is 4.98 Å². The Hall–Kier alpha value is -2.24. The molecule has 2 aromatic rings. The molecule has 6 heteroatoms. The fourth-order valence-electron chi connectivity index (χ4n) is 2.07. The van der Waals surface area contributed by atoms with Crippen molar-refractivity contribution in [2.75, 3.05) is 7.11 Å². The summed E-state index contributed by atoms with van der Waals surface area (Å²) in [4.78, 5) is 15.9. The summed E-state index contributed by atoms with van der Waals surface area (Å²) in [7, 11) is 1.35. The van der Waals surface area contributed by atoms with Crippen LogP contribution >= 0.6 is 0 Å². The van der Waals surface area contributed by atoms with Crippen molar-refractivity contribution in [3.8, 4) is 0 Å². The molecule has 106 valence electrons. The van der Waals surface area contributed by atoms with E-state index in [4.69, 9.17) is 4.74 Å². The van der Waals surface area contributed by atoms with Crippen molar-refractivity contribution in [2.24, 2.45) is 0 Å². The van der Waals surface area contributed by atoms with Gasteiger partial charge in [0.05, 0.1) is 12.8 Å². The van der Waals surface area contributed by atoms with Crippen LogP contribution in [0.2, 0.25) is 0 Å². The van der Waals surface area contributed by atoms with Gasteiger partial charge in [0.2, 0.25) is 0 Å². The number of ether oxygens (including phenoxy) is 1. The Morgan fingerprint density at radius 1 is 1.40 bits per heavy atom. The normalized spacial score (nSPS) is 10.8. The topological polar surface area (TPSA) is 69.9 Å². The molecule has 20 heavy (non-hydrogen) atoms. The molecule has 0 atom stereocenters. The van der Waals surface area contributed by atoms with Gasteiger partial charge >= 0.3 is 5.97 Å². The van der Waals surface area contributed by atoms with Crippen LogP contribution in [0.5, 0.6) is 0 Å². The number of rotatable bonds is 5. The van der Waals surface area contributed by atoms with Gasteiger partial charge in [-0.25, -0.2) is 9.48 Å². The van der Waals surface area contributed by atoms with Crippen molar-refractivity contribution in [3.05, 3.63) is 41.5 Å². The molecule has 0 saturated heterocycles. The monoisotopic (exact) mass is 274 g/mol. The van der Waals surface area contributed by atoms with E-state index in [1.54, 1.807) is 10.9 Å². The molecule has 0 radical (unpaired) electrons. The van der Waals surface area contributed by atoms with Gasteiger partial charge in [0.1, 0.15) is 0 Å². The Balaban J connectivity index is 2.19. The van der Waals surface area contributed by atoms with E-state index in [1.165, 1.54) is 7.11 Å². The maximum absolute atomic E-state index is 11.7. The largest absolute Gasteiger partial charge is 0.464 e. The SMILES string of the molecule is COC(=O)c1nnn(CCc2ccccn2)c1C(C)C. The van der Waals surface area contributed by atoms with E-state index in [0.717, 1.165) is 17.8 Å². The van der Waals surface area contributed by atoms with Crippen LogP contribution in [0, 0.1) is 0 Å². The molecule has 0 N–H and O–H groups in total. The lowest BCUT2D eigenvalue weighted by Crippen LogP contribution is -2.12. The van der Waals surface area contributed by atoms with Gasteiger partial charge in [-0.2, -0.15) is 0 Å². The average molecular weight is 274 g/mol. The zero-order valence-electron chi connectivity index (χ0n) is 11.9. The third kappa shape index (κ3) is 3.01. The van der Waals surface area contributed by atoms with Crippen molar-refractivity contribution in [1.29, 1.82) is 0 Å². The molecule has 0 fully saturated rings. The molecule has 2 aromatic heterocycles. The van der Waals surface area contributed by atoms with Gasteiger partial charge in [-0.05, 0) is 18.1 Å². The Bertz CT molecular complexity index is 578. The van der Waals surface area contributed by atoms with E-state index in [2.05, 4.69) is 15.3 Å². The first-order valence-corrected chi connectivity index (χ1v) is 6.55. The van der Waals surface area contributed by atoms with Crippen LogP contribution in [0.25, 0.3) is 0 Å². The highest BCUT2D eigenvalue weighted by Gasteiger charge is 2.22. The van der Waals surface area contributed by atoms with E-state index in [9.17, 15) is 4.79 Å². The lowest BCUT2D eigenvalue weighted by molar-refractivity contribution is 0.0592. The minimum atomic E-state index is -0.446. The van der Waals surface area contributed by atoms with Crippen molar-refractivity contribution < 1.29 is 9.53 Å². The molecule has 0 aliphatic carbocycles. The molecule has 6 nitrogen and oxygen atoms in total. The molecule has 2 rings (SSSR count). The Kier molecular flexibility index (Phi) is 4.45. The maximum atomic E-state index is 11.7. The van der Waals surface area contributed by atoms with Crippen LogP contribution < -0.4 is 0 Å². The van der Waals surface area contributed by atoms with E-state index in [0.29, 0.717) is 12.2 Å². The first kappa shape index (κ1) is 14.2. The van der Waals surface area contributed by atoms with Crippen LogP contribution in [0.4, 0.5) is 0 Å². The van der Waals surface area contributed by atoms with E-state index >= 15 is 0 Å². The molecule has 0 spiro atoms. The molecule has 0 saturated carbocycles. The predicted octanol–water partition coefficient (Wildman–Crippen LogP) is 1.83. The summed E-state index contributed by atoms with van der Waals surface area (Å²) in [5.74, 6) is -0.305. The lowest BCUT2D eigenvalue weighted by atomic mass is 10.1. The second-order valence-electron chi connectivity index (χ2n) is 4.76. The first-order chi connectivity index (χ1) is 9.63. The van der Waals surface area contributed by atoms with E-state index in [-0.39, 0.29) is 5.92 Å². The van der Waals surface area contributed by atoms with Crippen LogP contribution in [-0.2, 0) is 17.7 Å². The lowest BCUT2D eigenvalue weighted by Gasteiger charge is -2.10. The van der Waals surface area contributed by atoms with Crippen molar-refractivity contribution >= 4 is 5.97 Å². The number of nitrogens with zero attached hydrogens (tertiary/aromatic N) is 4. The fourth-order valence-corrected chi connectivity index (χ4v) is 2.07. The van der Waals surface area contributed by atoms with E-state index in [1.807, 2.05) is 32.0 Å². The maximum Gasteiger partial charge on any atom is 0.360 e. The number of pyridine rings is 1. The van der Waals surface area contributed by atoms with Gasteiger partial charge in [-0.1, -0.05) is 25.1 Å². The summed E-state index contributed by atoms with van der Waals surface area (Å²) in [5.41, 5.74) is 2.08. The third-order valence-corrected chi connectivity index (χ3v) is 3.00. The van der Waals surface area contributed by atoms with Crippen LogP contribution in [0.15, 0.2) is 24.4 Å². The predicted molar refractivity (Wildman–Crippen MR) is 73.4 cm³/mol. The van der Waals surface area contributed by atoms with Gasteiger partial charge in [0, 0.05) is 24.9 Å². The minimum absolute atomic E-state index is 0.142. The number of esters is 1. The van der Waals surface area contributed by atoms with Crippen molar-refractivity contribution in [3.63, 3.8) is 0 Å². The summed E-state index contributed by atoms with van der Waals surface area (Å²) < 4.78 is 6.49. The van der Waals surface area contributed by atoms with Gasteiger partial charge in [0.15, 0.2) is 5.69 Å². The molecular formula is C14H18N4O2. The van der Waals surface area contributed by atoms with Crippen LogP contribution in [-0.4, -0.2) is 33.1 Å². The number of carbonyl (C=O) groups is 1. The number of aryl methyl sites for hydroxylation is 2. The molecule has 2 heterocycles. The summed E-state index contributed by atoms with van der Waals surface area (Å²) in [6.07, 6.45) is 2.50. The number of hydrogen-bond donors (Lipinski definition) is 0. The minimum Gasteiger partial charge on any atom is -0.464 e. The molecule has 0 aliphatic rings. The standard InChI is InChI=1S/C14H18N4O2/c1-10(2)13-12(14(19)20-3)16-17-18(13)9-7-11-6-4-5-8-15-11/h4-6,8,10H,7,9H2,1-3H3. The molecule has 0 bridgehead atoms. The number of methoxy groups -OCH3 is 1. The van der Waals surface area contributed by atoms with Crippen molar-refractivity contribution in [1.82, 2.24) is 20.0 Å². The highest BCUT2D eigenvalue weighted by molar-refractivity contribution is 5.88. The van der Waals surface area contributed by atoms with Crippen LogP contribution in [0.3, 0.4) is 0 Å². The zero-order chi connectivity index (χ0) is 14.5. The van der Waals surface area contributed by atoms with Gasteiger partial charge in [0.25, 0.3) is 0 Å². The van der Waals surface area contributed by atoms with Crippen LogP contribution in [0.1, 0.15) is 41.6 Å². The Morgan fingerprint density at radius 3 is 2.80 bits per heavy atom.